The lowest BCUT2D eigenvalue weighted by atomic mass is 9.86. The molecule has 0 radical (unpaired) electrons. The molecular weight excluding hydrogens is 254 g/mol. The minimum absolute atomic E-state index is 0.605. The van der Waals surface area contributed by atoms with Crippen LogP contribution in [0.25, 0.3) is 0 Å². The smallest absolute Gasteiger partial charge is 0.0406 e. The van der Waals surface area contributed by atoms with Crippen molar-refractivity contribution >= 4 is 11.6 Å². The van der Waals surface area contributed by atoms with Crippen molar-refractivity contribution in [2.24, 2.45) is 5.92 Å². The summed E-state index contributed by atoms with van der Waals surface area (Å²) < 4.78 is 0. The van der Waals surface area contributed by atoms with Crippen molar-refractivity contribution in [3.8, 4) is 0 Å². The first-order chi connectivity index (χ1) is 9.21. The number of rotatable bonds is 9. The van der Waals surface area contributed by atoms with Gasteiger partial charge in [0.25, 0.3) is 0 Å². The van der Waals surface area contributed by atoms with Gasteiger partial charge in [-0.05, 0) is 48.9 Å². The van der Waals surface area contributed by atoms with Crippen molar-refractivity contribution in [1.82, 2.24) is 5.32 Å². The molecule has 0 bridgehead atoms. The number of nitrogens with one attached hydrogen (secondary N) is 1. The molecule has 1 nitrogen and oxygen atoms in total. The highest BCUT2D eigenvalue weighted by Crippen LogP contribution is 2.27. The van der Waals surface area contributed by atoms with E-state index in [4.69, 9.17) is 11.6 Å². The Bertz CT molecular complexity index is 330. The first-order valence-electron chi connectivity index (χ1n) is 7.67. The van der Waals surface area contributed by atoms with E-state index in [0.717, 1.165) is 24.0 Å². The lowest BCUT2D eigenvalue weighted by molar-refractivity contribution is 0.398. The van der Waals surface area contributed by atoms with Gasteiger partial charge in [0.15, 0.2) is 0 Å². The Morgan fingerprint density at radius 3 is 2.21 bits per heavy atom. The molecule has 0 saturated carbocycles. The summed E-state index contributed by atoms with van der Waals surface area (Å²) in [5, 5.41) is 4.39. The molecule has 0 spiro atoms. The van der Waals surface area contributed by atoms with Crippen molar-refractivity contribution < 1.29 is 0 Å². The third kappa shape index (κ3) is 5.97. The minimum Gasteiger partial charge on any atom is -0.316 e. The van der Waals surface area contributed by atoms with Gasteiger partial charge in [0.1, 0.15) is 0 Å². The first kappa shape index (κ1) is 16.5. The fourth-order valence-corrected chi connectivity index (χ4v) is 2.68. The maximum atomic E-state index is 5.99. The highest BCUT2D eigenvalue weighted by molar-refractivity contribution is 6.30. The fourth-order valence-electron chi connectivity index (χ4n) is 2.55. The van der Waals surface area contributed by atoms with Gasteiger partial charge in [-0.3, -0.25) is 0 Å². The Kier molecular flexibility index (Phi) is 8.16. The van der Waals surface area contributed by atoms with Gasteiger partial charge in [-0.25, -0.2) is 0 Å². The third-order valence-electron chi connectivity index (χ3n) is 3.93. The highest BCUT2D eigenvalue weighted by atomic mass is 35.5. The van der Waals surface area contributed by atoms with Gasteiger partial charge in [-0.15, -0.1) is 0 Å². The molecule has 1 aromatic carbocycles. The quantitative estimate of drug-likeness (QED) is 0.610. The van der Waals surface area contributed by atoms with Crippen molar-refractivity contribution in [2.75, 3.05) is 13.1 Å². The Hall–Kier alpha value is -0.530. The zero-order valence-electron chi connectivity index (χ0n) is 12.6. The van der Waals surface area contributed by atoms with Crippen molar-refractivity contribution in [3.05, 3.63) is 34.9 Å². The van der Waals surface area contributed by atoms with Gasteiger partial charge in [-0.1, -0.05) is 57.3 Å². The normalized spacial score (nSPS) is 12.9. The van der Waals surface area contributed by atoms with Crippen LogP contribution in [-0.4, -0.2) is 13.1 Å². The summed E-state index contributed by atoms with van der Waals surface area (Å²) in [6.45, 7) is 8.99. The number of benzene rings is 1. The average Bonchev–Trinajstić information content (AvgIpc) is 2.44. The molecule has 0 saturated heterocycles. The van der Waals surface area contributed by atoms with Crippen LogP contribution in [0.2, 0.25) is 5.02 Å². The van der Waals surface area contributed by atoms with Gasteiger partial charge >= 0.3 is 0 Å². The van der Waals surface area contributed by atoms with E-state index in [1.54, 1.807) is 0 Å². The van der Waals surface area contributed by atoms with Crippen LogP contribution in [0.5, 0.6) is 0 Å². The maximum absolute atomic E-state index is 5.99. The molecule has 0 heterocycles. The van der Waals surface area contributed by atoms with Crippen LogP contribution in [0.1, 0.15) is 57.9 Å². The van der Waals surface area contributed by atoms with E-state index in [9.17, 15) is 0 Å². The van der Waals surface area contributed by atoms with Crippen LogP contribution in [0.3, 0.4) is 0 Å². The number of hydrogen-bond donors (Lipinski definition) is 1. The second-order valence-electron chi connectivity index (χ2n) is 5.37. The van der Waals surface area contributed by atoms with Crippen LogP contribution in [0.4, 0.5) is 0 Å². The molecule has 0 aliphatic rings. The van der Waals surface area contributed by atoms with Crippen molar-refractivity contribution in [2.45, 2.75) is 52.4 Å². The molecule has 2 heteroatoms. The average molecular weight is 282 g/mol. The third-order valence-corrected chi connectivity index (χ3v) is 4.18. The van der Waals surface area contributed by atoms with Crippen molar-refractivity contribution in [1.29, 1.82) is 0 Å². The molecule has 1 unspecified atom stereocenters. The zero-order valence-corrected chi connectivity index (χ0v) is 13.3. The monoisotopic (exact) mass is 281 g/mol. The molecule has 0 aliphatic heterocycles. The first-order valence-corrected chi connectivity index (χ1v) is 8.05. The molecule has 1 rings (SSSR count). The summed E-state index contributed by atoms with van der Waals surface area (Å²) in [6.07, 6.45) is 5.01. The predicted molar refractivity (Wildman–Crippen MR) is 86.0 cm³/mol. The predicted octanol–water partition coefficient (Wildman–Crippen LogP) is 5.25. The summed E-state index contributed by atoms with van der Waals surface area (Å²) in [5.41, 5.74) is 1.42. The van der Waals surface area contributed by atoms with Gasteiger partial charge in [0, 0.05) is 11.6 Å². The number of hydrogen-bond acceptors (Lipinski definition) is 1. The summed E-state index contributed by atoms with van der Waals surface area (Å²) >= 11 is 5.99. The van der Waals surface area contributed by atoms with Crippen LogP contribution in [0.15, 0.2) is 24.3 Å². The second kappa shape index (κ2) is 9.39. The topological polar surface area (TPSA) is 12.0 Å². The molecule has 1 N–H and O–H groups in total. The van der Waals surface area contributed by atoms with E-state index < -0.39 is 0 Å². The second-order valence-corrected chi connectivity index (χ2v) is 5.81. The highest BCUT2D eigenvalue weighted by Gasteiger charge is 2.15. The summed E-state index contributed by atoms with van der Waals surface area (Å²) in [4.78, 5) is 0. The van der Waals surface area contributed by atoms with E-state index in [-0.39, 0.29) is 0 Å². The summed E-state index contributed by atoms with van der Waals surface area (Å²) in [5.74, 6) is 1.43. The molecule has 0 amide bonds. The van der Waals surface area contributed by atoms with Gasteiger partial charge in [0.2, 0.25) is 0 Å². The summed E-state index contributed by atoms with van der Waals surface area (Å²) in [7, 11) is 0. The Balaban J connectivity index is 2.69. The standard InChI is InChI=1S/C17H28ClN/c1-4-11-19-13-16(12-14(5-2)6-3)15-7-9-17(18)10-8-15/h7-10,14,16,19H,4-6,11-13H2,1-3H3. The largest absolute Gasteiger partial charge is 0.316 e. The molecular formula is C17H28ClN. The van der Waals surface area contributed by atoms with Gasteiger partial charge < -0.3 is 5.32 Å². The van der Waals surface area contributed by atoms with E-state index in [1.165, 1.54) is 31.2 Å². The van der Waals surface area contributed by atoms with Crippen molar-refractivity contribution in [3.63, 3.8) is 0 Å². The Labute approximate surface area is 123 Å². The molecule has 108 valence electrons. The lowest BCUT2D eigenvalue weighted by Gasteiger charge is -2.23. The molecule has 1 aromatic rings. The molecule has 0 aromatic heterocycles. The Morgan fingerprint density at radius 1 is 1.05 bits per heavy atom. The van der Waals surface area contributed by atoms with Crippen LogP contribution in [0, 0.1) is 5.92 Å². The van der Waals surface area contributed by atoms with E-state index >= 15 is 0 Å². The number of halogens is 1. The van der Waals surface area contributed by atoms with Crippen LogP contribution >= 0.6 is 11.6 Å². The lowest BCUT2D eigenvalue weighted by Crippen LogP contribution is -2.24. The fraction of sp³-hybridized carbons (Fsp3) is 0.647. The van der Waals surface area contributed by atoms with Crippen LogP contribution < -0.4 is 5.32 Å². The molecule has 0 fully saturated rings. The summed E-state index contributed by atoms with van der Waals surface area (Å²) in [6, 6.07) is 8.39. The Morgan fingerprint density at radius 2 is 1.68 bits per heavy atom. The van der Waals surface area contributed by atoms with E-state index in [0.29, 0.717) is 5.92 Å². The maximum Gasteiger partial charge on any atom is 0.0406 e. The van der Waals surface area contributed by atoms with E-state index in [2.05, 4.69) is 38.2 Å². The zero-order chi connectivity index (χ0) is 14.1. The van der Waals surface area contributed by atoms with Gasteiger partial charge in [0.05, 0.1) is 0 Å². The minimum atomic E-state index is 0.605. The van der Waals surface area contributed by atoms with E-state index in [1.807, 2.05) is 12.1 Å². The van der Waals surface area contributed by atoms with Gasteiger partial charge in [-0.2, -0.15) is 0 Å². The molecule has 0 aliphatic carbocycles. The van der Waals surface area contributed by atoms with Crippen LogP contribution in [-0.2, 0) is 0 Å². The SMILES string of the molecule is CCCNCC(CC(CC)CC)c1ccc(Cl)cc1. The molecule has 19 heavy (non-hydrogen) atoms. The molecule has 1 atom stereocenters.